The van der Waals surface area contributed by atoms with E-state index in [4.69, 9.17) is 9.72 Å². The molecule has 7 nitrogen and oxygen atoms in total. The topological polar surface area (TPSA) is 63.5 Å². The first kappa shape index (κ1) is 21.1. The van der Waals surface area contributed by atoms with Crippen molar-refractivity contribution in [1.82, 2.24) is 24.3 Å². The van der Waals surface area contributed by atoms with Gasteiger partial charge in [-0.25, -0.2) is 9.97 Å². The largest absolute Gasteiger partial charge is 0.492 e. The molecule has 3 aromatic rings. The lowest BCUT2D eigenvalue weighted by Crippen LogP contribution is -2.31. The van der Waals surface area contributed by atoms with E-state index in [1.54, 1.807) is 6.20 Å². The molecule has 7 heteroatoms. The summed E-state index contributed by atoms with van der Waals surface area (Å²) in [5, 5.41) is 0. The number of carbonyl (C=O) groups excluding carboxylic acids is 1. The predicted octanol–water partition coefficient (Wildman–Crippen LogP) is 3.49. The lowest BCUT2D eigenvalue weighted by Gasteiger charge is -2.25. The van der Waals surface area contributed by atoms with Gasteiger partial charge in [0.15, 0.2) is 0 Å². The van der Waals surface area contributed by atoms with Crippen LogP contribution in [0, 0.1) is 6.92 Å². The number of amides is 1. The third-order valence-corrected chi connectivity index (χ3v) is 5.59. The molecule has 1 aliphatic rings. The number of benzene rings is 1. The Bertz CT molecular complexity index is 1030. The Morgan fingerprint density at radius 2 is 2.00 bits per heavy atom. The molecule has 1 unspecified atom stereocenters. The summed E-state index contributed by atoms with van der Waals surface area (Å²) in [5.74, 6) is 2.53. The van der Waals surface area contributed by atoms with Crippen LogP contribution in [0.4, 0.5) is 0 Å². The van der Waals surface area contributed by atoms with Crippen LogP contribution in [0.1, 0.15) is 40.8 Å². The molecule has 1 atom stereocenters. The Hall–Kier alpha value is -3.19. The van der Waals surface area contributed by atoms with Gasteiger partial charge in [0.05, 0.1) is 11.7 Å². The lowest BCUT2D eigenvalue weighted by molar-refractivity contribution is 0.0733. The quantitative estimate of drug-likeness (QED) is 0.587. The van der Waals surface area contributed by atoms with Gasteiger partial charge in [-0.2, -0.15) is 0 Å². The van der Waals surface area contributed by atoms with Crippen molar-refractivity contribution in [3.63, 3.8) is 0 Å². The fourth-order valence-electron chi connectivity index (χ4n) is 3.90. The Balaban J connectivity index is 1.48. The highest BCUT2D eigenvalue weighted by molar-refractivity contribution is 5.94. The molecule has 0 bridgehead atoms. The maximum atomic E-state index is 13.2. The molecular weight excluding hydrogens is 390 g/mol. The fourth-order valence-corrected chi connectivity index (χ4v) is 3.90. The van der Waals surface area contributed by atoms with Crippen LogP contribution < -0.4 is 4.74 Å². The predicted molar refractivity (Wildman–Crippen MR) is 120 cm³/mol. The molecule has 1 fully saturated rings. The van der Waals surface area contributed by atoms with Gasteiger partial charge >= 0.3 is 0 Å². The Morgan fingerprint density at radius 1 is 1.19 bits per heavy atom. The van der Waals surface area contributed by atoms with E-state index >= 15 is 0 Å². The van der Waals surface area contributed by atoms with Crippen LogP contribution in [0.25, 0.3) is 5.82 Å². The third kappa shape index (κ3) is 4.77. The van der Waals surface area contributed by atoms with Crippen molar-refractivity contribution in [1.29, 1.82) is 0 Å². The molecule has 0 N–H and O–H groups in total. The van der Waals surface area contributed by atoms with Crippen molar-refractivity contribution in [2.75, 3.05) is 33.8 Å². The average molecular weight is 420 g/mol. The highest BCUT2D eigenvalue weighted by Gasteiger charge is 2.31. The normalized spacial score (nSPS) is 16.1. The standard InChI is InChI=1S/C24H29N5O2/c1-18-25-13-15-28(18)23-8-4-6-21(26-23)22-7-5-14-29(22)24(30)19-9-11-20(12-10-19)31-17-16-27(2)3/h4,6,8-13,15,22H,5,7,14,16-17H2,1-3H3. The van der Waals surface area contributed by atoms with Crippen LogP contribution in [-0.2, 0) is 0 Å². The van der Waals surface area contributed by atoms with Crippen LogP contribution in [0.2, 0.25) is 0 Å². The van der Waals surface area contributed by atoms with E-state index in [1.165, 1.54) is 0 Å². The van der Waals surface area contributed by atoms with Crippen molar-refractivity contribution in [2.24, 2.45) is 0 Å². The fraction of sp³-hybridized carbons (Fsp3) is 0.375. The SMILES string of the molecule is Cc1nccn1-c1cccc(C2CCCN2C(=O)c2ccc(OCCN(C)C)cc2)n1. The minimum Gasteiger partial charge on any atom is -0.492 e. The molecule has 31 heavy (non-hydrogen) atoms. The van der Waals surface area contributed by atoms with Gasteiger partial charge in [0, 0.05) is 31.0 Å². The van der Waals surface area contributed by atoms with Crippen molar-refractivity contribution < 1.29 is 9.53 Å². The second-order valence-electron chi connectivity index (χ2n) is 8.10. The smallest absolute Gasteiger partial charge is 0.254 e. The number of hydrogen-bond acceptors (Lipinski definition) is 5. The zero-order valence-corrected chi connectivity index (χ0v) is 18.4. The molecule has 1 aromatic carbocycles. The van der Waals surface area contributed by atoms with Crippen molar-refractivity contribution in [3.05, 3.63) is 71.9 Å². The average Bonchev–Trinajstić information content (AvgIpc) is 3.43. The summed E-state index contributed by atoms with van der Waals surface area (Å²) in [6.07, 6.45) is 5.55. The molecule has 2 aromatic heterocycles. The van der Waals surface area contributed by atoms with E-state index in [0.29, 0.717) is 12.2 Å². The highest BCUT2D eigenvalue weighted by atomic mass is 16.5. The summed E-state index contributed by atoms with van der Waals surface area (Å²) >= 11 is 0. The number of pyridine rings is 1. The molecule has 1 aliphatic heterocycles. The molecule has 4 rings (SSSR count). The van der Waals surface area contributed by atoms with Crippen molar-refractivity contribution >= 4 is 5.91 Å². The van der Waals surface area contributed by atoms with E-state index in [1.807, 2.05) is 79.1 Å². The number of likely N-dealkylation sites (N-methyl/N-ethyl adjacent to an activating group) is 1. The number of aromatic nitrogens is 3. The number of likely N-dealkylation sites (tertiary alicyclic amines) is 1. The Labute approximate surface area is 183 Å². The Morgan fingerprint density at radius 3 is 2.71 bits per heavy atom. The molecule has 3 heterocycles. The molecule has 0 saturated carbocycles. The van der Waals surface area contributed by atoms with Crippen LogP contribution in [0.15, 0.2) is 54.9 Å². The molecular formula is C24H29N5O2. The van der Waals surface area contributed by atoms with Gasteiger partial charge in [-0.15, -0.1) is 0 Å². The summed E-state index contributed by atoms with van der Waals surface area (Å²) < 4.78 is 7.70. The van der Waals surface area contributed by atoms with Crippen molar-refractivity contribution in [3.8, 4) is 11.6 Å². The first-order chi connectivity index (χ1) is 15.0. The van der Waals surface area contributed by atoms with Crippen molar-refractivity contribution in [2.45, 2.75) is 25.8 Å². The summed E-state index contributed by atoms with van der Waals surface area (Å²) in [7, 11) is 4.03. The minimum absolute atomic E-state index is 0.0210. The summed E-state index contributed by atoms with van der Waals surface area (Å²) in [5.41, 5.74) is 1.59. The Kier molecular flexibility index (Phi) is 6.32. The zero-order valence-electron chi connectivity index (χ0n) is 18.4. The number of rotatable bonds is 7. The number of carbonyl (C=O) groups is 1. The van der Waals surface area contributed by atoms with E-state index < -0.39 is 0 Å². The van der Waals surface area contributed by atoms with Crippen LogP contribution in [-0.4, -0.2) is 64.0 Å². The van der Waals surface area contributed by atoms with Gasteiger partial charge in [-0.05, 0) is 70.3 Å². The summed E-state index contributed by atoms with van der Waals surface area (Å²) in [4.78, 5) is 26.4. The van der Waals surface area contributed by atoms with E-state index in [-0.39, 0.29) is 11.9 Å². The molecule has 162 valence electrons. The monoisotopic (exact) mass is 419 g/mol. The van der Waals surface area contributed by atoms with Gasteiger partial charge in [0.1, 0.15) is 24.0 Å². The maximum Gasteiger partial charge on any atom is 0.254 e. The second-order valence-corrected chi connectivity index (χ2v) is 8.10. The first-order valence-electron chi connectivity index (χ1n) is 10.7. The molecule has 1 amide bonds. The molecule has 1 saturated heterocycles. The molecule has 0 spiro atoms. The maximum absolute atomic E-state index is 13.2. The zero-order chi connectivity index (χ0) is 21.8. The third-order valence-electron chi connectivity index (χ3n) is 5.59. The minimum atomic E-state index is -0.0210. The van der Waals surface area contributed by atoms with Gasteiger partial charge in [-0.1, -0.05) is 6.07 Å². The number of nitrogens with zero attached hydrogens (tertiary/aromatic N) is 5. The highest BCUT2D eigenvalue weighted by Crippen LogP contribution is 2.32. The molecule has 0 aliphatic carbocycles. The lowest BCUT2D eigenvalue weighted by atomic mass is 10.1. The summed E-state index contributed by atoms with van der Waals surface area (Å²) in [6.45, 7) is 4.15. The van der Waals surface area contributed by atoms with Crippen LogP contribution in [0.3, 0.4) is 0 Å². The van der Waals surface area contributed by atoms with E-state index in [2.05, 4.69) is 9.88 Å². The first-order valence-corrected chi connectivity index (χ1v) is 10.7. The number of ether oxygens (including phenoxy) is 1. The van der Waals surface area contributed by atoms with Gasteiger partial charge < -0.3 is 14.5 Å². The van der Waals surface area contributed by atoms with E-state index in [0.717, 1.165) is 49.0 Å². The molecule has 0 radical (unpaired) electrons. The van der Waals surface area contributed by atoms with Crippen LogP contribution >= 0.6 is 0 Å². The second kappa shape index (κ2) is 9.31. The van der Waals surface area contributed by atoms with E-state index in [9.17, 15) is 4.79 Å². The van der Waals surface area contributed by atoms with Gasteiger partial charge in [0.25, 0.3) is 5.91 Å². The van der Waals surface area contributed by atoms with Crippen LogP contribution in [0.5, 0.6) is 5.75 Å². The van der Waals surface area contributed by atoms with Gasteiger partial charge in [-0.3, -0.25) is 9.36 Å². The number of imidazole rings is 1. The number of aryl methyl sites for hydroxylation is 1. The summed E-state index contributed by atoms with van der Waals surface area (Å²) in [6, 6.07) is 13.4. The number of hydrogen-bond donors (Lipinski definition) is 0. The van der Waals surface area contributed by atoms with Gasteiger partial charge in [0.2, 0.25) is 0 Å².